The summed E-state index contributed by atoms with van der Waals surface area (Å²) in [5.74, 6) is -3.34. The van der Waals surface area contributed by atoms with Gasteiger partial charge in [-0.25, -0.2) is 13.8 Å². The Morgan fingerprint density at radius 1 is 0.982 bits per heavy atom. The molecule has 4 aliphatic rings. The van der Waals surface area contributed by atoms with E-state index in [0.29, 0.717) is 19.4 Å². The van der Waals surface area contributed by atoms with Crippen LogP contribution in [0.3, 0.4) is 0 Å². The van der Waals surface area contributed by atoms with Gasteiger partial charge in [-0.05, 0) is 75.2 Å². The zero-order chi connectivity index (χ0) is 40.6. The number of halogens is 8. The minimum atomic E-state index is -5.08. The van der Waals surface area contributed by atoms with Gasteiger partial charge in [0.15, 0.2) is 5.82 Å². The quantitative estimate of drug-likeness (QED) is 0.149. The average Bonchev–Trinajstić information content (AvgIpc) is 3.88. The molecule has 3 saturated heterocycles. The van der Waals surface area contributed by atoms with Crippen molar-refractivity contribution in [1.82, 2.24) is 24.8 Å². The van der Waals surface area contributed by atoms with Gasteiger partial charge in [0.1, 0.15) is 34.0 Å². The van der Waals surface area contributed by atoms with E-state index in [1.807, 2.05) is 4.90 Å². The number of piperidine rings is 1. The Bertz CT molecular complexity index is 2290. The summed E-state index contributed by atoms with van der Waals surface area (Å²) in [6.45, 7) is 0.833. The maximum atomic E-state index is 17.2. The minimum absolute atomic E-state index is 0.0111. The van der Waals surface area contributed by atoms with E-state index in [1.165, 1.54) is 25.3 Å². The first-order valence-electron chi connectivity index (χ1n) is 18.4. The highest BCUT2D eigenvalue weighted by molar-refractivity contribution is 6.04. The molecular formula is C39H36F8N6O4. The van der Waals surface area contributed by atoms with Crippen molar-refractivity contribution in [3.05, 3.63) is 41.5 Å². The third kappa shape index (κ3) is 7.08. The maximum Gasteiger partial charge on any atom is 0.471 e. The van der Waals surface area contributed by atoms with Crippen LogP contribution in [0.15, 0.2) is 24.3 Å². The SMILES string of the molecule is C#Cc1c(F)ccc2cc(O)cc(-c3nc(OC)c4c(N5CC6CCC(C5)N6C(=O)C(F)(F)F)nc(OCC5(CN6CCC(C(F)(F)F)CC6)CC5)nc4c3F)c12. The van der Waals surface area contributed by atoms with Crippen LogP contribution in [0, 0.1) is 35.3 Å². The fourth-order valence-electron chi connectivity index (χ4n) is 8.66. The number of hydrogen-bond acceptors (Lipinski definition) is 9. The number of benzene rings is 2. The number of phenolic OH excluding ortho intramolecular Hbond substituents is 1. The number of hydrogen-bond donors (Lipinski definition) is 1. The number of likely N-dealkylation sites (tertiary alicyclic amines) is 1. The first-order valence-corrected chi connectivity index (χ1v) is 18.4. The van der Waals surface area contributed by atoms with Gasteiger partial charge in [0.25, 0.3) is 0 Å². The second-order valence-electron chi connectivity index (χ2n) is 15.4. The molecule has 2 aromatic carbocycles. The molecule has 1 N–H and O–H groups in total. The molecule has 302 valence electrons. The largest absolute Gasteiger partial charge is 0.508 e. The number of nitrogens with zero attached hydrogens (tertiary/aromatic N) is 6. The van der Waals surface area contributed by atoms with Crippen molar-refractivity contribution in [2.24, 2.45) is 11.3 Å². The van der Waals surface area contributed by atoms with Gasteiger partial charge in [-0.2, -0.15) is 36.3 Å². The standard InChI is InChI=1S/C39H36F8N6O4/c1-3-25-27(40)7-4-20-14-24(54)15-26(28(20)25)31-30(41)32-29(34(48-31)56-2)33(52-16-22-5-6-23(17-52)53(22)35(55)39(45,46)47)50-36(49-32)57-19-37(10-11-37)18-51-12-8-21(9-13-51)38(42,43)44/h1,4,7,14-15,21-23,54H,5-6,8-13,16-19H2,2H3. The minimum Gasteiger partial charge on any atom is -0.508 e. The number of ether oxygens (including phenoxy) is 2. The van der Waals surface area contributed by atoms with Crippen LogP contribution in [-0.4, -0.2) is 107 Å². The Balaban J connectivity index is 1.20. The highest BCUT2D eigenvalue weighted by atomic mass is 19.4. The summed E-state index contributed by atoms with van der Waals surface area (Å²) >= 11 is 0. The highest BCUT2D eigenvalue weighted by Gasteiger charge is 2.52. The zero-order valence-electron chi connectivity index (χ0n) is 30.5. The molecule has 1 saturated carbocycles. The van der Waals surface area contributed by atoms with Crippen LogP contribution < -0.4 is 14.4 Å². The van der Waals surface area contributed by atoms with E-state index in [-0.39, 0.29) is 115 Å². The number of alkyl halides is 6. The second kappa shape index (κ2) is 14.0. The smallest absolute Gasteiger partial charge is 0.471 e. The molecule has 8 rings (SSSR count). The Labute approximate surface area is 320 Å². The van der Waals surface area contributed by atoms with Crippen molar-refractivity contribution in [3.8, 4) is 41.2 Å². The van der Waals surface area contributed by atoms with Crippen LogP contribution in [0.1, 0.15) is 44.1 Å². The lowest BCUT2D eigenvalue weighted by Crippen LogP contribution is -2.59. The molecular weight excluding hydrogens is 768 g/mol. The monoisotopic (exact) mass is 804 g/mol. The van der Waals surface area contributed by atoms with E-state index in [2.05, 4.69) is 20.9 Å². The van der Waals surface area contributed by atoms with Crippen LogP contribution >= 0.6 is 0 Å². The molecule has 2 aromatic heterocycles. The number of carbonyl (C=O) groups excluding carboxylic acids is 1. The topological polar surface area (TPSA) is 104 Å². The van der Waals surface area contributed by atoms with Gasteiger partial charge in [0, 0.05) is 36.0 Å². The normalized spacial score (nSPS) is 21.3. The molecule has 5 heterocycles. The third-order valence-corrected chi connectivity index (χ3v) is 11.7. The number of piperazine rings is 1. The van der Waals surface area contributed by atoms with Crippen LogP contribution in [0.2, 0.25) is 0 Å². The molecule has 18 heteroatoms. The summed E-state index contributed by atoms with van der Waals surface area (Å²) in [6, 6.07) is 2.98. The second-order valence-corrected chi connectivity index (χ2v) is 15.4. The zero-order valence-corrected chi connectivity index (χ0v) is 30.5. The van der Waals surface area contributed by atoms with Crippen LogP contribution in [0.5, 0.6) is 17.6 Å². The predicted molar refractivity (Wildman–Crippen MR) is 191 cm³/mol. The fourth-order valence-corrected chi connectivity index (χ4v) is 8.66. The number of aromatic nitrogens is 3. The van der Waals surface area contributed by atoms with Gasteiger partial charge in [0.05, 0.1) is 37.3 Å². The Morgan fingerprint density at radius 2 is 1.67 bits per heavy atom. The van der Waals surface area contributed by atoms with Crippen molar-refractivity contribution < 1.29 is 54.5 Å². The van der Waals surface area contributed by atoms with E-state index in [1.54, 1.807) is 4.90 Å². The Kier molecular flexibility index (Phi) is 9.52. The number of terminal acetylenes is 1. The van der Waals surface area contributed by atoms with Crippen molar-refractivity contribution >= 4 is 33.4 Å². The molecule has 4 fully saturated rings. The van der Waals surface area contributed by atoms with Crippen molar-refractivity contribution in [1.29, 1.82) is 0 Å². The maximum absolute atomic E-state index is 17.2. The van der Waals surface area contributed by atoms with Gasteiger partial charge in [-0.15, -0.1) is 6.42 Å². The number of methoxy groups -OCH3 is 1. The van der Waals surface area contributed by atoms with Gasteiger partial charge >= 0.3 is 24.3 Å². The van der Waals surface area contributed by atoms with Gasteiger partial charge in [0.2, 0.25) is 5.88 Å². The number of anilines is 1. The van der Waals surface area contributed by atoms with Gasteiger partial charge in [-0.1, -0.05) is 12.0 Å². The highest BCUT2D eigenvalue weighted by Crippen LogP contribution is 2.48. The number of pyridine rings is 1. The van der Waals surface area contributed by atoms with E-state index >= 15 is 8.78 Å². The molecule has 4 aromatic rings. The number of fused-ring (bicyclic) bond motifs is 4. The van der Waals surface area contributed by atoms with Crippen LogP contribution in [-0.2, 0) is 4.79 Å². The average molecular weight is 805 g/mol. The molecule has 1 amide bonds. The number of rotatable bonds is 8. The molecule has 3 aliphatic heterocycles. The Morgan fingerprint density at radius 3 is 2.26 bits per heavy atom. The summed E-state index contributed by atoms with van der Waals surface area (Å²) in [5, 5.41) is 11.0. The molecule has 10 nitrogen and oxygen atoms in total. The number of amides is 1. The van der Waals surface area contributed by atoms with Gasteiger partial charge < -0.3 is 29.3 Å². The lowest BCUT2D eigenvalue weighted by Gasteiger charge is -2.42. The molecule has 57 heavy (non-hydrogen) atoms. The first-order chi connectivity index (χ1) is 27.0. The van der Waals surface area contributed by atoms with Crippen LogP contribution in [0.4, 0.5) is 40.9 Å². The fraction of sp³-hybridized carbons (Fsp3) is 0.487. The van der Waals surface area contributed by atoms with E-state index in [0.717, 1.165) is 11.0 Å². The summed E-state index contributed by atoms with van der Waals surface area (Å²) in [4.78, 5) is 30.4. The number of carbonyl (C=O) groups is 1. The van der Waals surface area contributed by atoms with Crippen molar-refractivity contribution in [2.75, 3.05) is 51.3 Å². The lowest BCUT2D eigenvalue weighted by atomic mass is 9.95. The predicted octanol–water partition coefficient (Wildman–Crippen LogP) is 6.99. The summed E-state index contributed by atoms with van der Waals surface area (Å²) in [5.41, 5.74) is -1.51. The third-order valence-electron chi connectivity index (χ3n) is 11.7. The first kappa shape index (κ1) is 38.7. The lowest BCUT2D eigenvalue weighted by molar-refractivity contribution is -0.188. The molecule has 2 atom stereocenters. The molecule has 0 spiro atoms. The summed E-state index contributed by atoms with van der Waals surface area (Å²) in [6.07, 6.45) is -1.70. The molecule has 2 unspecified atom stereocenters. The van der Waals surface area contributed by atoms with Crippen molar-refractivity contribution in [2.45, 2.75) is 63.0 Å². The molecule has 0 radical (unpaired) electrons. The Hall–Kier alpha value is -5.18. The number of phenols is 1. The molecule has 1 aliphatic carbocycles. The van der Waals surface area contributed by atoms with E-state index in [4.69, 9.17) is 15.9 Å². The molecule has 2 bridgehead atoms. The number of aromatic hydroxyl groups is 1. The van der Waals surface area contributed by atoms with Gasteiger partial charge in [-0.3, -0.25) is 4.79 Å². The van der Waals surface area contributed by atoms with E-state index in [9.17, 15) is 36.2 Å². The summed E-state index contributed by atoms with van der Waals surface area (Å²) in [7, 11) is 1.25. The summed E-state index contributed by atoms with van der Waals surface area (Å²) < 4.78 is 125. The van der Waals surface area contributed by atoms with E-state index < -0.39 is 59.0 Å². The van der Waals surface area contributed by atoms with Crippen molar-refractivity contribution in [3.63, 3.8) is 0 Å². The van der Waals surface area contributed by atoms with Crippen LogP contribution in [0.25, 0.3) is 32.9 Å².